The number of benzene rings is 1. The molecule has 2 N–H and O–H groups in total. The molecule has 0 saturated carbocycles. The van der Waals surface area contributed by atoms with Crippen LogP contribution in [0.2, 0.25) is 0 Å². The number of aliphatic carboxylic acids is 1. The average molecular weight is 351 g/mol. The first-order valence-electron chi connectivity index (χ1n) is 6.92. The first kappa shape index (κ1) is 17.4. The van der Waals surface area contributed by atoms with Crippen molar-refractivity contribution in [3.8, 4) is 16.2 Å². The highest BCUT2D eigenvalue weighted by Crippen LogP contribution is 2.36. The maximum atomic E-state index is 12.3. The second-order valence-electron chi connectivity index (χ2n) is 4.58. The van der Waals surface area contributed by atoms with Crippen molar-refractivity contribution in [1.29, 1.82) is 0 Å². The van der Waals surface area contributed by atoms with Gasteiger partial charge < -0.3 is 15.2 Å². The Balaban J connectivity index is 1.99. The van der Waals surface area contributed by atoms with Crippen molar-refractivity contribution in [3.63, 3.8) is 0 Å². The minimum absolute atomic E-state index is 0.0380. The Morgan fingerprint density at radius 2 is 2.04 bits per heavy atom. The van der Waals surface area contributed by atoms with Crippen LogP contribution in [0.25, 0.3) is 10.4 Å². The molecule has 0 atom stereocenters. The van der Waals surface area contributed by atoms with Gasteiger partial charge in [0.05, 0.1) is 12.9 Å². The summed E-state index contributed by atoms with van der Waals surface area (Å²) >= 11 is 2.64. The molecule has 23 heavy (non-hydrogen) atoms. The van der Waals surface area contributed by atoms with Crippen LogP contribution in [-0.2, 0) is 4.79 Å². The predicted molar refractivity (Wildman–Crippen MR) is 93.6 cm³/mol. The normalized spacial score (nSPS) is 10.3. The van der Waals surface area contributed by atoms with E-state index in [1.165, 1.54) is 30.2 Å². The van der Waals surface area contributed by atoms with Crippen LogP contribution in [0.5, 0.6) is 5.75 Å². The van der Waals surface area contributed by atoms with E-state index in [9.17, 15) is 9.59 Å². The molecule has 0 fully saturated rings. The van der Waals surface area contributed by atoms with Gasteiger partial charge in [0.25, 0.3) is 5.91 Å². The van der Waals surface area contributed by atoms with E-state index in [1.807, 2.05) is 36.4 Å². The van der Waals surface area contributed by atoms with Gasteiger partial charge in [-0.2, -0.15) is 0 Å². The predicted octanol–water partition coefficient (Wildman–Crippen LogP) is 2.97. The zero-order valence-corrected chi connectivity index (χ0v) is 14.2. The molecule has 0 aliphatic heterocycles. The van der Waals surface area contributed by atoms with E-state index in [4.69, 9.17) is 9.84 Å². The summed E-state index contributed by atoms with van der Waals surface area (Å²) in [6.45, 7) is 0.415. The SMILES string of the molecule is COc1cc(-c2ccccc2)sc1C(=O)NCCSCC(=O)O. The largest absolute Gasteiger partial charge is 0.495 e. The lowest BCUT2D eigenvalue weighted by molar-refractivity contribution is -0.133. The zero-order chi connectivity index (χ0) is 16.7. The lowest BCUT2D eigenvalue weighted by atomic mass is 10.2. The molecule has 1 amide bonds. The van der Waals surface area contributed by atoms with Gasteiger partial charge in [0.2, 0.25) is 0 Å². The summed E-state index contributed by atoms with van der Waals surface area (Å²) in [5, 5.41) is 11.3. The van der Waals surface area contributed by atoms with Crippen LogP contribution in [0.4, 0.5) is 0 Å². The fraction of sp³-hybridized carbons (Fsp3) is 0.250. The summed E-state index contributed by atoms with van der Waals surface area (Å²) in [4.78, 5) is 24.2. The standard InChI is InChI=1S/C16H17NO4S2/c1-21-12-9-13(11-5-3-2-4-6-11)23-15(12)16(20)17-7-8-22-10-14(18)19/h2-6,9H,7-8,10H2,1H3,(H,17,20)(H,18,19). The van der Waals surface area contributed by atoms with E-state index in [-0.39, 0.29) is 11.7 Å². The minimum Gasteiger partial charge on any atom is -0.495 e. The molecule has 2 aromatic rings. The molecule has 5 nitrogen and oxygen atoms in total. The molecule has 0 bridgehead atoms. The number of ether oxygens (including phenoxy) is 1. The number of nitrogens with one attached hydrogen (secondary N) is 1. The first-order valence-corrected chi connectivity index (χ1v) is 8.90. The van der Waals surface area contributed by atoms with E-state index in [2.05, 4.69) is 5.32 Å². The molecular formula is C16H17NO4S2. The van der Waals surface area contributed by atoms with Crippen molar-refractivity contribution in [2.75, 3.05) is 25.2 Å². The zero-order valence-electron chi connectivity index (χ0n) is 12.6. The molecule has 122 valence electrons. The number of methoxy groups -OCH3 is 1. The number of rotatable bonds is 8. The van der Waals surface area contributed by atoms with Crippen LogP contribution < -0.4 is 10.1 Å². The summed E-state index contributed by atoms with van der Waals surface area (Å²) < 4.78 is 5.29. The Hall–Kier alpha value is -1.99. The Morgan fingerprint density at radius 1 is 1.30 bits per heavy atom. The Morgan fingerprint density at radius 3 is 2.70 bits per heavy atom. The quantitative estimate of drug-likeness (QED) is 0.715. The van der Waals surface area contributed by atoms with Gasteiger partial charge >= 0.3 is 5.97 Å². The summed E-state index contributed by atoms with van der Waals surface area (Å²) in [5.74, 6) is 0.0800. The van der Waals surface area contributed by atoms with Crippen molar-refractivity contribution < 1.29 is 19.4 Å². The summed E-state index contributed by atoms with van der Waals surface area (Å²) in [5.41, 5.74) is 1.03. The molecule has 1 aromatic carbocycles. The van der Waals surface area contributed by atoms with E-state index >= 15 is 0 Å². The number of hydrogen-bond acceptors (Lipinski definition) is 5. The van der Waals surface area contributed by atoms with Crippen LogP contribution in [-0.4, -0.2) is 42.1 Å². The minimum atomic E-state index is -0.853. The van der Waals surface area contributed by atoms with Crippen molar-refractivity contribution in [3.05, 3.63) is 41.3 Å². The van der Waals surface area contributed by atoms with E-state index in [0.717, 1.165) is 10.4 Å². The maximum Gasteiger partial charge on any atom is 0.313 e. The second kappa shape index (κ2) is 8.59. The monoisotopic (exact) mass is 351 g/mol. The molecule has 0 spiro atoms. The number of thioether (sulfide) groups is 1. The van der Waals surface area contributed by atoms with Crippen molar-refractivity contribution in [1.82, 2.24) is 5.32 Å². The highest BCUT2D eigenvalue weighted by atomic mass is 32.2. The van der Waals surface area contributed by atoms with Crippen LogP contribution in [0.15, 0.2) is 36.4 Å². The van der Waals surface area contributed by atoms with Crippen LogP contribution in [0.1, 0.15) is 9.67 Å². The number of carboxylic acids is 1. The van der Waals surface area contributed by atoms with Crippen molar-refractivity contribution in [2.24, 2.45) is 0 Å². The second-order valence-corrected chi connectivity index (χ2v) is 6.73. The number of carbonyl (C=O) groups excluding carboxylic acids is 1. The van der Waals surface area contributed by atoms with Crippen molar-refractivity contribution >= 4 is 35.0 Å². The number of hydrogen-bond donors (Lipinski definition) is 2. The van der Waals surface area contributed by atoms with E-state index in [0.29, 0.717) is 22.9 Å². The van der Waals surface area contributed by atoms with Gasteiger partial charge in [-0.05, 0) is 11.6 Å². The molecule has 0 radical (unpaired) electrons. The maximum absolute atomic E-state index is 12.3. The molecule has 0 saturated heterocycles. The third-order valence-corrected chi connectivity index (χ3v) is 5.05. The molecule has 0 unspecified atom stereocenters. The highest BCUT2D eigenvalue weighted by molar-refractivity contribution is 7.99. The molecule has 1 aromatic heterocycles. The Kier molecular flexibility index (Phi) is 6.49. The van der Waals surface area contributed by atoms with Crippen LogP contribution >= 0.6 is 23.1 Å². The third kappa shape index (κ3) is 5.01. The van der Waals surface area contributed by atoms with Crippen molar-refractivity contribution in [2.45, 2.75) is 0 Å². The lowest BCUT2D eigenvalue weighted by Gasteiger charge is -2.04. The van der Waals surface area contributed by atoms with Crippen LogP contribution in [0.3, 0.4) is 0 Å². The van der Waals surface area contributed by atoms with Gasteiger partial charge in [-0.15, -0.1) is 23.1 Å². The van der Waals surface area contributed by atoms with Gasteiger partial charge in [0.15, 0.2) is 0 Å². The Labute approximate surface area is 142 Å². The first-order chi connectivity index (χ1) is 11.1. The fourth-order valence-electron chi connectivity index (χ4n) is 1.91. The molecule has 7 heteroatoms. The molecule has 0 aliphatic carbocycles. The molecule has 0 aliphatic rings. The highest BCUT2D eigenvalue weighted by Gasteiger charge is 2.17. The number of carboxylic acid groups (broad SMARTS) is 1. The van der Waals surface area contributed by atoms with Gasteiger partial charge in [-0.25, -0.2) is 0 Å². The van der Waals surface area contributed by atoms with E-state index in [1.54, 1.807) is 0 Å². The smallest absolute Gasteiger partial charge is 0.313 e. The topological polar surface area (TPSA) is 75.6 Å². The van der Waals surface area contributed by atoms with Gasteiger partial charge in [0, 0.05) is 17.2 Å². The van der Waals surface area contributed by atoms with Crippen LogP contribution in [0, 0.1) is 0 Å². The number of amides is 1. The summed E-state index contributed by atoms with van der Waals surface area (Å²) in [6.07, 6.45) is 0. The van der Waals surface area contributed by atoms with Gasteiger partial charge in [0.1, 0.15) is 10.6 Å². The number of thiophene rings is 1. The molecule has 1 heterocycles. The third-order valence-electron chi connectivity index (χ3n) is 2.94. The van der Waals surface area contributed by atoms with Gasteiger partial charge in [-0.3, -0.25) is 9.59 Å². The number of carbonyl (C=O) groups is 2. The summed E-state index contributed by atoms with van der Waals surface area (Å²) in [7, 11) is 1.54. The van der Waals surface area contributed by atoms with Gasteiger partial charge in [-0.1, -0.05) is 30.3 Å². The Bertz CT molecular complexity index is 670. The van der Waals surface area contributed by atoms with E-state index < -0.39 is 5.97 Å². The molecular weight excluding hydrogens is 334 g/mol. The summed E-state index contributed by atoms with van der Waals surface area (Å²) in [6, 6.07) is 11.7. The lowest BCUT2D eigenvalue weighted by Crippen LogP contribution is -2.25. The molecule has 2 rings (SSSR count). The fourth-order valence-corrected chi connectivity index (χ4v) is 3.52. The average Bonchev–Trinajstić information content (AvgIpc) is 2.99.